The number of alkyl halides is 3. The molecule has 0 aliphatic carbocycles. The summed E-state index contributed by atoms with van der Waals surface area (Å²) in [4.78, 5) is 12.3. The highest BCUT2D eigenvalue weighted by molar-refractivity contribution is 5.94. The van der Waals surface area contributed by atoms with Gasteiger partial charge in [-0.2, -0.15) is 13.2 Å². The molecular formula is C28H38F3N2O. The maximum atomic E-state index is 13.2. The number of amides is 1. The van der Waals surface area contributed by atoms with Crippen molar-refractivity contribution in [3.63, 3.8) is 0 Å². The topological polar surface area (TPSA) is 52.9 Å². The van der Waals surface area contributed by atoms with E-state index in [2.05, 4.69) is 12.2 Å². The molecule has 0 bridgehead atoms. The quantitative estimate of drug-likeness (QED) is 0.261. The van der Waals surface area contributed by atoms with Crippen molar-refractivity contribution in [1.82, 2.24) is 11.1 Å². The van der Waals surface area contributed by atoms with Crippen molar-refractivity contribution < 1.29 is 18.0 Å². The Kier molecular flexibility index (Phi) is 12.2. The molecule has 0 aliphatic rings. The molecular weight excluding hydrogens is 437 g/mol. The van der Waals surface area contributed by atoms with Gasteiger partial charge in [0.2, 0.25) is 0 Å². The Balaban J connectivity index is 1.70. The number of unbranched alkanes of at least 4 members (excludes halogenated alkanes) is 9. The van der Waals surface area contributed by atoms with Gasteiger partial charge in [-0.1, -0.05) is 95.0 Å². The second-order valence-electron chi connectivity index (χ2n) is 8.98. The van der Waals surface area contributed by atoms with Gasteiger partial charge in [-0.05, 0) is 42.2 Å². The van der Waals surface area contributed by atoms with Crippen molar-refractivity contribution in [3.05, 3.63) is 70.8 Å². The van der Waals surface area contributed by atoms with Gasteiger partial charge in [0.1, 0.15) is 0 Å². The molecule has 1 amide bonds. The highest BCUT2D eigenvalue weighted by Crippen LogP contribution is 2.35. The van der Waals surface area contributed by atoms with Crippen LogP contribution in [0.3, 0.4) is 0 Å². The Morgan fingerprint density at radius 2 is 1.41 bits per heavy atom. The van der Waals surface area contributed by atoms with Gasteiger partial charge >= 0.3 is 6.18 Å². The average molecular weight is 476 g/mol. The first kappa shape index (κ1) is 27.9. The Hall–Kier alpha value is -2.34. The van der Waals surface area contributed by atoms with Crippen molar-refractivity contribution in [1.29, 1.82) is 0 Å². The van der Waals surface area contributed by atoms with E-state index in [1.165, 1.54) is 69.6 Å². The minimum atomic E-state index is -4.48. The van der Waals surface area contributed by atoms with Crippen LogP contribution in [0, 0.1) is 0 Å². The minimum absolute atomic E-state index is 0.0340. The standard InChI is InChI=1S/C28H38F3N2O/c1-2-3-4-5-6-7-8-9-10-13-20-33-27(34)23-18-16-22(17-19-23)21-26(32)24-14-11-12-15-25(24)28(29,30)31/h11-12,14-19,26,32H,2-10,13,20-21H2,1H3,(H,33,34). The number of carbonyl (C=O) groups is 1. The van der Waals surface area contributed by atoms with Crippen LogP contribution < -0.4 is 11.1 Å². The summed E-state index contributed by atoms with van der Waals surface area (Å²) in [5, 5.41) is 2.93. The molecule has 0 heterocycles. The molecule has 2 aromatic rings. The summed E-state index contributed by atoms with van der Waals surface area (Å²) in [5.41, 5.74) is 8.69. The molecule has 187 valence electrons. The molecule has 3 nitrogen and oxygen atoms in total. The molecule has 1 unspecified atom stereocenters. The largest absolute Gasteiger partial charge is 0.416 e. The van der Waals surface area contributed by atoms with Gasteiger partial charge < -0.3 is 5.32 Å². The van der Waals surface area contributed by atoms with E-state index in [9.17, 15) is 18.0 Å². The number of halogens is 3. The smallest absolute Gasteiger partial charge is 0.352 e. The van der Waals surface area contributed by atoms with Gasteiger partial charge in [0.05, 0.1) is 11.6 Å². The zero-order chi connectivity index (χ0) is 24.8. The third kappa shape index (κ3) is 9.88. The van der Waals surface area contributed by atoms with E-state index in [1.807, 2.05) is 0 Å². The van der Waals surface area contributed by atoms with Crippen molar-refractivity contribution in [3.8, 4) is 0 Å². The lowest BCUT2D eigenvalue weighted by atomic mass is 9.95. The summed E-state index contributed by atoms with van der Waals surface area (Å²) in [6.45, 7) is 2.87. The summed E-state index contributed by atoms with van der Waals surface area (Å²) < 4.78 is 39.7. The van der Waals surface area contributed by atoms with Crippen LogP contribution in [0.15, 0.2) is 48.5 Å². The molecule has 0 aliphatic heterocycles. The Labute approximate surface area is 202 Å². The van der Waals surface area contributed by atoms with Crippen molar-refractivity contribution in [2.24, 2.45) is 0 Å². The first-order valence-corrected chi connectivity index (χ1v) is 12.6. The van der Waals surface area contributed by atoms with Crippen LogP contribution in [0.2, 0.25) is 0 Å². The molecule has 6 heteroatoms. The molecule has 2 aromatic carbocycles. The molecule has 34 heavy (non-hydrogen) atoms. The fourth-order valence-electron chi connectivity index (χ4n) is 4.11. The summed E-state index contributed by atoms with van der Waals surface area (Å²) in [5.74, 6) is -0.146. The van der Waals surface area contributed by atoms with Gasteiger partial charge in [0, 0.05) is 12.1 Å². The number of benzene rings is 2. The first-order valence-electron chi connectivity index (χ1n) is 12.6. The number of hydrogen-bond donors (Lipinski definition) is 1. The predicted octanol–water partition coefficient (Wildman–Crippen LogP) is 7.92. The van der Waals surface area contributed by atoms with Crippen LogP contribution >= 0.6 is 0 Å². The normalized spacial score (nSPS) is 12.5. The molecule has 1 radical (unpaired) electrons. The van der Waals surface area contributed by atoms with Crippen LogP contribution in [0.1, 0.15) is 104 Å². The molecule has 0 spiro atoms. The van der Waals surface area contributed by atoms with Gasteiger partial charge in [-0.3, -0.25) is 4.79 Å². The zero-order valence-electron chi connectivity index (χ0n) is 20.2. The third-order valence-electron chi connectivity index (χ3n) is 6.11. The molecule has 0 saturated carbocycles. The van der Waals surface area contributed by atoms with E-state index in [0.29, 0.717) is 12.1 Å². The molecule has 2 N–H and O–H groups in total. The summed E-state index contributed by atoms with van der Waals surface area (Å²) >= 11 is 0. The fraction of sp³-hybridized carbons (Fsp3) is 0.536. The van der Waals surface area contributed by atoms with Crippen LogP contribution in [-0.2, 0) is 12.6 Å². The summed E-state index contributed by atoms with van der Waals surface area (Å²) in [7, 11) is 0. The molecule has 1 atom stereocenters. The predicted molar refractivity (Wildman–Crippen MR) is 132 cm³/mol. The number of carbonyl (C=O) groups excluding carboxylic acids is 1. The van der Waals surface area contributed by atoms with E-state index >= 15 is 0 Å². The van der Waals surface area contributed by atoms with Crippen molar-refractivity contribution in [2.75, 3.05) is 6.54 Å². The molecule has 0 saturated heterocycles. The summed E-state index contributed by atoms with van der Waals surface area (Å²) in [6, 6.07) is 11.0. The van der Waals surface area contributed by atoms with Crippen LogP contribution in [0.4, 0.5) is 13.2 Å². The van der Waals surface area contributed by atoms with Crippen LogP contribution in [-0.4, -0.2) is 12.5 Å². The van der Waals surface area contributed by atoms with Gasteiger partial charge in [-0.15, -0.1) is 0 Å². The fourth-order valence-corrected chi connectivity index (χ4v) is 4.11. The monoisotopic (exact) mass is 475 g/mol. The van der Waals surface area contributed by atoms with E-state index in [-0.39, 0.29) is 17.9 Å². The van der Waals surface area contributed by atoms with Crippen LogP contribution in [0.25, 0.3) is 0 Å². The highest BCUT2D eigenvalue weighted by Gasteiger charge is 2.34. The number of hydrogen-bond acceptors (Lipinski definition) is 1. The molecule has 0 fully saturated rings. The first-order chi connectivity index (χ1) is 16.3. The van der Waals surface area contributed by atoms with Gasteiger partial charge in [0.15, 0.2) is 0 Å². The van der Waals surface area contributed by atoms with Crippen LogP contribution in [0.5, 0.6) is 0 Å². The Bertz CT molecular complexity index is 849. The molecule has 0 aromatic heterocycles. The summed E-state index contributed by atoms with van der Waals surface area (Å²) in [6.07, 6.45) is 8.11. The molecule has 2 rings (SSSR count). The highest BCUT2D eigenvalue weighted by atomic mass is 19.4. The van der Waals surface area contributed by atoms with Gasteiger partial charge in [-0.25, -0.2) is 5.73 Å². The van der Waals surface area contributed by atoms with Crippen molar-refractivity contribution in [2.45, 2.75) is 89.8 Å². The third-order valence-corrected chi connectivity index (χ3v) is 6.11. The zero-order valence-corrected chi connectivity index (χ0v) is 20.2. The van der Waals surface area contributed by atoms with E-state index < -0.39 is 17.8 Å². The maximum absolute atomic E-state index is 13.2. The minimum Gasteiger partial charge on any atom is -0.352 e. The number of rotatable bonds is 15. The van der Waals surface area contributed by atoms with E-state index in [1.54, 1.807) is 24.3 Å². The second kappa shape index (κ2) is 14.8. The lowest BCUT2D eigenvalue weighted by Crippen LogP contribution is -2.24. The average Bonchev–Trinajstić information content (AvgIpc) is 2.82. The SMILES string of the molecule is CCCCCCCCCCCCNC(=O)c1ccc(CC([NH])c2ccccc2C(F)(F)F)cc1. The number of nitrogens with one attached hydrogen (secondary N) is 2. The van der Waals surface area contributed by atoms with E-state index in [0.717, 1.165) is 24.5 Å². The maximum Gasteiger partial charge on any atom is 0.416 e. The Morgan fingerprint density at radius 3 is 2.00 bits per heavy atom. The van der Waals surface area contributed by atoms with E-state index in [4.69, 9.17) is 5.73 Å². The van der Waals surface area contributed by atoms with Gasteiger partial charge in [0.25, 0.3) is 5.91 Å². The van der Waals surface area contributed by atoms with Crippen molar-refractivity contribution >= 4 is 5.91 Å². The second-order valence-corrected chi connectivity index (χ2v) is 8.98. The lowest BCUT2D eigenvalue weighted by Gasteiger charge is -2.17. The lowest BCUT2D eigenvalue weighted by molar-refractivity contribution is -0.138. The Morgan fingerprint density at radius 1 is 0.853 bits per heavy atom.